The van der Waals surface area contributed by atoms with Crippen molar-refractivity contribution < 1.29 is 4.79 Å². The van der Waals surface area contributed by atoms with Crippen molar-refractivity contribution in [3.63, 3.8) is 0 Å². The smallest absolute Gasteiger partial charge is 0.168 e. The van der Waals surface area contributed by atoms with Gasteiger partial charge in [-0.2, -0.15) is 0 Å². The SMILES string of the molecule is O=Cc1ccc2c3cc(Cl)ccc3n(Cc3ccccc3)c2n1. The van der Waals surface area contributed by atoms with Crippen LogP contribution in [0.5, 0.6) is 0 Å². The topological polar surface area (TPSA) is 34.9 Å². The number of benzene rings is 2. The van der Waals surface area contributed by atoms with E-state index in [1.165, 1.54) is 5.56 Å². The van der Waals surface area contributed by atoms with Crippen molar-refractivity contribution in [2.24, 2.45) is 0 Å². The summed E-state index contributed by atoms with van der Waals surface area (Å²) in [5.74, 6) is 0. The number of rotatable bonds is 3. The average Bonchev–Trinajstić information content (AvgIpc) is 2.88. The number of nitrogens with zero attached hydrogens (tertiary/aromatic N) is 2. The Kier molecular flexibility index (Phi) is 3.36. The average molecular weight is 321 g/mol. The monoisotopic (exact) mass is 320 g/mol. The molecule has 2 heterocycles. The number of halogens is 1. The highest BCUT2D eigenvalue weighted by molar-refractivity contribution is 6.31. The van der Waals surface area contributed by atoms with Crippen molar-refractivity contribution >= 4 is 39.8 Å². The van der Waals surface area contributed by atoms with E-state index in [4.69, 9.17) is 11.6 Å². The predicted molar refractivity (Wildman–Crippen MR) is 93.2 cm³/mol. The Morgan fingerprint density at radius 3 is 2.61 bits per heavy atom. The zero-order valence-electron chi connectivity index (χ0n) is 12.2. The molecule has 0 fully saturated rings. The standard InChI is InChI=1S/C19H13ClN2O/c20-14-6-9-18-17(10-14)16-8-7-15(12-23)21-19(16)22(18)11-13-4-2-1-3-5-13/h1-10,12H,11H2. The first-order chi connectivity index (χ1) is 11.3. The third-order valence-corrected chi connectivity index (χ3v) is 4.23. The molecule has 0 saturated heterocycles. The van der Waals surface area contributed by atoms with Gasteiger partial charge < -0.3 is 4.57 Å². The minimum Gasteiger partial charge on any atom is -0.321 e. The van der Waals surface area contributed by atoms with Crippen molar-refractivity contribution in [3.05, 3.63) is 76.9 Å². The molecular formula is C19H13ClN2O. The number of carbonyl (C=O) groups excluding carboxylic acids is 1. The first-order valence-corrected chi connectivity index (χ1v) is 7.71. The number of aromatic nitrogens is 2. The molecule has 0 atom stereocenters. The first kappa shape index (κ1) is 14.0. The number of hydrogen-bond donors (Lipinski definition) is 0. The lowest BCUT2D eigenvalue weighted by Crippen LogP contribution is -2.01. The van der Waals surface area contributed by atoms with Crippen LogP contribution in [0.3, 0.4) is 0 Å². The summed E-state index contributed by atoms with van der Waals surface area (Å²) in [6.45, 7) is 0.692. The number of hydrogen-bond acceptors (Lipinski definition) is 2. The Bertz CT molecular complexity index is 1020. The maximum absolute atomic E-state index is 11.1. The Labute approximate surface area is 138 Å². The Balaban J connectivity index is 2.03. The van der Waals surface area contributed by atoms with Gasteiger partial charge in [0.2, 0.25) is 0 Å². The molecule has 0 unspecified atom stereocenters. The van der Waals surface area contributed by atoms with E-state index in [1.54, 1.807) is 6.07 Å². The van der Waals surface area contributed by atoms with Crippen LogP contribution in [0.15, 0.2) is 60.7 Å². The number of carbonyl (C=O) groups is 1. The molecule has 0 spiro atoms. The van der Waals surface area contributed by atoms with Gasteiger partial charge >= 0.3 is 0 Å². The summed E-state index contributed by atoms with van der Waals surface area (Å²) >= 11 is 6.16. The molecule has 0 radical (unpaired) electrons. The minimum atomic E-state index is 0.431. The van der Waals surface area contributed by atoms with Gasteiger partial charge in [-0.25, -0.2) is 4.98 Å². The van der Waals surface area contributed by atoms with Gasteiger partial charge in [0.25, 0.3) is 0 Å². The highest BCUT2D eigenvalue weighted by atomic mass is 35.5. The van der Waals surface area contributed by atoms with E-state index >= 15 is 0 Å². The highest BCUT2D eigenvalue weighted by Crippen LogP contribution is 2.30. The number of fused-ring (bicyclic) bond motifs is 3. The van der Waals surface area contributed by atoms with Crippen molar-refractivity contribution in [1.82, 2.24) is 9.55 Å². The van der Waals surface area contributed by atoms with Crippen LogP contribution in [0.1, 0.15) is 16.1 Å². The van der Waals surface area contributed by atoms with Crippen LogP contribution in [0, 0.1) is 0 Å². The molecular weight excluding hydrogens is 308 g/mol. The molecule has 0 saturated carbocycles. The van der Waals surface area contributed by atoms with Crippen molar-refractivity contribution in [3.8, 4) is 0 Å². The molecule has 112 valence electrons. The fourth-order valence-electron chi connectivity index (χ4n) is 2.94. The van der Waals surface area contributed by atoms with Gasteiger partial charge in [0.05, 0.1) is 5.52 Å². The molecule has 23 heavy (non-hydrogen) atoms. The normalized spacial score (nSPS) is 11.2. The van der Waals surface area contributed by atoms with Crippen molar-refractivity contribution in [1.29, 1.82) is 0 Å². The Hall–Kier alpha value is -2.65. The first-order valence-electron chi connectivity index (χ1n) is 7.34. The van der Waals surface area contributed by atoms with Gasteiger partial charge in [-0.1, -0.05) is 41.9 Å². The van der Waals surface area contributed by atoms with Gasteiger partial charge in [-0.3, -0.25) is 4.79 Å². The maximum Gasteiger partial charge on any atom is 0.168 e. The molecule has 4 rings (SSSR count). The summed E-state index contributed by atoms with van der Waals surface area (Å²) in [4.78, 5) is 15.6. The molecule has 0 aliphatic carbocycles. The summed E-state index contributed by atoms with van der Waals surface area (Å²) in [7, 11) is 0. The Morgan fingerprint density at radius 2 is 1.83 bits per heavy atom. The second-order valence-electron chi connectivity index (χ2n) is 5.46. The van der Waals surface area contributed by atoms with Gasteiger partial charge in [0.15, 0.2) is 6.29 Å². The van der Waals surface area contributed by atoms with E-state index < -0.39 is 0 Å². The molecule has 2 aromatic carbocycles. The predicted octanol–water partition coefficient (Wildman–Crippen LogP) is 4.70. The fraction of sp³-hybridized carbons (Fsp3) is 0.0526. The summed E-state index contributed by atoms with van der Waals surface area (Å²) in [6.07, 6.45) is 0.775. The van der Waals surface area contributed by atoms with Gasteiger partial charge in [-0.15, -0.1) is 0 Å². The lowest BCUT2D eigenvalue weighted by atomic mass is 10.2. The van der Waals surface area contributed by atoms with E-state index in [9.17, 15) is 4.79 Å². The maximum atomic E-state index is 11.1. The number of aldehydes is 1. The third kappa shape index (κ3) is 2.39. The quantitative estimate of drug-likeness (QED) is 0.513. The molecule has 4 aromatic rings. The summed E-state index contributed by atoms with van der Waals surface area (Å²) in [5.41, 5.74) is 3.47. The van der Waals surface area contributed by atoms with Crippen molar-refractivity contribution in [2.75, 3.05) is 0 Å². The van der Waals surface area contributed by atoms with Crippen LogP contribution < -0.4 is 0 Å². The fourth-order valence-corrected chi connectivity index (χ4v) is 3.12. The molecule has 0 bridgehead atoms. The second-order valence-corrected chi connectivity index (χ2v) is 5.89. The molecule has 0 N–H and O–H groups in total. The van der Waals surface area contributed by atoms with E-state index in [2.05, 4.69) is 21.7 Å². The summed E-state index contributed by atoms with van der Waals surface area (Å²) < 4.78 is 2.13. The van der Waals surface area contributed by atoms with Crippen LogP contribution in [-0.2, 0) is 6.54 Å². The summed E-state index contributed by atoms with van der Waals surface area (Å²) in [6, 6.07) is 19.7. The summed E-state index contributed by atoms with van der Waals surface area (Å²) in [5, 5.41) is 2.74. The van der Waals surface area contributed by atoms with E-state index in [0.717, 1.165) is 28.2 Å². The number of pyridine rings is 1. The molecule has 0 amide bonds. The highest BCUT2D eigenvalue weighted by Gasteiger charge is 2.13. The van der Waals surface area contributed by atoms with Crippen LogP contribution in [0.25, 0.3) is 21.9 Å². The molecule has 2 aromatic heterocycles. The molecule has 0 aliphatic heterocycles. The van der Waals surface area contributed by atoms with Crippen LogP contribution >= 0.6 is 11.6 Å². The van der Waals surface area contributed by atoms with E-state index in [1.807, 2.05) is 42.5 Å². The lowest BCUT2D eigenvalue weighted by Gasteiger charge is -2.07. The minimum absolute atomic E-state index is 0.431. The van der Waals surface area contributed by atoms with E-state index in [0.29, 0.717) is 17.3 Å². The largest absolute Gasteiger partial charge is 0.321 e. The van der Waals surface area contributed by atoms with Crippen LogP contribution in [0.2, 0.25) is 5.02 Å². The molecule has 0 aliphatic rings. The molecule has 3 nitrogen and oxygen atoms in total. The second kappa shape index (κ2) is 5.52. The van der Waals surface area contributed by atoms with Gasteiger partial charge in [-0.05, 0) is 35.9 Å². The zero-order valence-corrected chi connectivity index (χ0v) is 13.0. The van der Waals surface area contributed by atoms with Crippen molar-refractivity contribution in [2.45, 2.75) is 6.54 Å². The Morgan fingerprint density at radius 1 is 1.00 bits per heavy atom. The molecule has 4 heteroatoms. The van der Waals surface area contributed by atoms with Gasteiger partial charge in [0.1, 0.15) is 11.3 Å². The van der Waals surface area contributed by atoms with Gasteiger partial charge in [0, 0.05) is 22.3 Å². The van der Waals surface area contributed by atoms with Crippen LogP contribution in [-0.4, -0.2) is 15.8 Å². The van der Waals surface area contributed by atoms with E-state index in [-0.39, 0.29) is 0 Å². The zero-order chi connectivity index (χ0) is 15.8. The third-order valence-electron chi connectivity index (χ3n) is 4.00. The lowest BCUT2D eigenvalue weighted by molar-refractivity contribution is 0.111. The van der Waals surface area contributed by atoms with Crippen LogP contribution in [0.4, 0.5) is 0 Å².